The van der Waals surface area contributed by atoms with Gasteiger partial charge in [-0.1, -0.05) is 0 Å². The molecule has 82 valence electrons. The summed E-state index contributed by atoms with van der Waals surface area (Å²) in [7, 11) is 4.23. The van der Waals surface area contributed by atoms with E-state index in [0.29, 0.717) is 6.04 Å². The first-order valence-electron chi connectivity index (χ1n) is 5.29. The number of nitrogens with zero attached hydrogens (tertiary/aromatic N) is 4. The summed E-state index contributed by atoms with van der Waals surface area (Å²) in [6.07, 6.45) is 1.90. The van der Waals surface area contributed by atoms with Gasteiger partial charge in [0.15, 0.2) is 0 Å². The maximum absolute atomic E-state index is 4.48. The molecule has 0 bridgehead atoms. The number of hydrogen-bond acceptors (Lipinski definition) is 4. The normalized spacial score (nSPS) is 17.0. The molecule has 4 heteroatoms. The number of rotatable bonds is 2. The van der Waals surface area contributed by atoms with Crippen molar-refractivity contribution in [2.45, 2.75) is 19.9 Å². The molecule has 4 nitrogen and oxygen atoms in total. The van der Waals surface area contributed by atoms with E-state index in [4.69, 9.17) is 0 Å². The molecule has 1 aromatic rings. The number of likely N-dealkylation sites (N-methyl/N-ethyl adjacent to an activating group) is 1. The van der Waals surface area contributed by atoms with Crippen LogP contribution in [0.5, 0.6) is 0 Å². The van der Waals surface area contributed by atoms with Crippen molar-refractivity contribution in [3.8, 4) is 0 Å². The highest BCUT2D eigenvalue weighted by atomic mass is 15.3. The van der Waals surface area contributed by atoms with Crippen LogP contribution in [-0.4, -0.2) is 48.1 Å². The van der Waals surface area contributed by atoms with Gasteiger partial charge in [0, 0.05) is 31.0 Å². The lowest BCUT2D eigenvalue weighted by Gasteiger charge is -2.42. The zero-order valence-electron chi connectivity index (χ0n) is 9.86. The van der Waals surface area contributed by atoms with E-state index in [1.807, 2.05) is 20.0 Å². The molecule has 15 heavy (non-hydrogen) atoms. The van der Waals surface area contributed by atoms with Crippen molar-refractivity contribution < 1.29 is 0 Å². The van der Waals surface area contributed by atoms with Crippen molar-refractivity contribution in [1.29, 1.82) is 0 Å². The average molecular weight is 206 g/mol. The van der Waals surface area contributed by atoms with Crippen molar-refractivity contribution in [2.75, 3.05) is 32.1 Å². The smallest absolute Gasteiger partial charge is 0.225 e. The summed E-state index contributed by atoms with van der Waals surface area (Å²) in [6.45, 7) is 6.15. The molecule has 0 atom stereocenters. The summed E-state index contributed by atoms with van der Waals surface area (Å²) in [5, 5.41) is 0. The Hall–Kier alpha value is -1.16. The van der Waals surface area contributed by atoms with Crippen molar-refractivity contribution in [3.63, 3.8) is 0 Å². The van der Waals surface area contributed by atoms with Gasteiger partial charge in [-0.3, -0.25) is 0 Å². The van der Waals surface area contributed by atoms with Crippen LogP contribution in [0.2, 0.25) is 0 Å². The van der Waals surface area contributed by atoms with Crippen LogP contribution >= 0.6 is 0 Å². The van der Waals surface area contributed by atoms with Gasteiger partial charge in [-0.05, 0) is 33.5 Å². The lowest BCUT2D eigenvalue weighted by Crippen LogP contribution is -2.58. The molecular weight excluding hydrogens is 188 g/mol. The van der Waals surface area contributed by atoms with Gasteiger partial charge in [0.1, 0.15) is 0 Å². The lowest BCUT2D eigenvalue weighted by atomic mass is 10.1. The second kappa shape index (κ2) is 3.77. The van der Waals surface area contributed by atoms with E-state index in [2.05, 4.69) is 33.9 Å². The maximum atomic E-state index is 4.48. The lowest BCUT2D eigenvalue weighted by molar-refractivity contribution is 0.245. The number of aryl methyl sites for hydroxylation is 2. The molecule has 1 aromatic heterocycles. The average Bonchev–Trinajstić information content (AvgIpc) is 2.08. The zero-order chi connectivity index (χ0) is 11.0. The van der Waals surface area contributed by atoms with E-state index in [1.54, 1.807) is 0 Å². The summed E-state index contributed by atoms with van der Waals surface area (Å²) in [4.78, 5) is 13.3. The Labute approximate surface area is 90.9 Å². The van der Waals surface area contributed by atoms with E-state index in [9.17, 15) is 0 Å². The summed E-state index contributed by atoms with van der Waals surface area (Å²) < 4.78 is 0. The second-order valence-corrected chi connectivity index (χ2v) is 4.46. The number of hydrogen-bond donors (Lipinski definition) is 0. The molecule has 1 fully saturated rings. The molecule has 0 N–H and O–H groups in total. The molecule has 0 aliphatic carbocycles. The van der Waals surface area contributed by atoms with Gasteiger partial charge in [0.2, 0.25) is 5.95 Å². The van der Waals surface area contributed by atoms with Crippen LogP contribution in [0.25, 0.3) is 0 Å². The first kappa shape index (κ1) is 10.4. The summed E-state index contributed by atoms with van der Waals surface area (Å²) in [5.74, 6) is 0.871. The molecule has 0 unspecified atom stereocenters. The van der Waals surface area contributed by atoms with Crippen LogP contribution < -0.4 is 4.90 Å². The molecule has 1 aliphatic heterocycles. The second-order valence-electron chi connectivity index (χ2n) is 4.46. The van der Waals surface area contributed by atoms with E-state index in [1.165, 1.54) is 0 Å². The maximum Gasteiger partial charge on any atom is 0.225 e. The predicted octanol–water partition coefficient (Wildman–Crippen LogP) is 0.844. The Bertz CT molecular complexity index is 356. The third kappa shape index (κ3) is 1.95. The molecule has 1 saturated heterocycles. The summed E-state index contributed by atoms with van der Waals surface area (Å²) in [6, 6.07) is 0.648. The van der Waals surface area contributed by atoms with Crippen LogP contribution in [0.1, 0.15) is 11.3 Å². The third-order valence-electron chi connectivity index (χ3n) is 3.09. The Kier molecular flexibility index (Phi) is 2.61. The van der Waals surface area contributed by atoms with E-state index < -0.39 is 0 Å². The third-order valence-corrected chi connectivity index (χ3v) is 3.09. The first-order valence-corrected chi connectivity index (χ1v) is 5.29. The van der Waals surface area contributed by atoms with E-state index in [0.717, 1.165) is 30.3 Å². The first-order chi connectivity index (χ1) is 7.08. The number of anilines is 1. The molecule has 0 amide bonds. The van der Waals surface area contributed by atoms with E-state index >= 15 is 0 Å². The van der Waals surface area contributed by atoms with Gasteiger partial charge < -0.3 is 9.80 Å². The predicted molar refractivity (Wildman–Crippen MR) is 61.2 cm³/mol. The fourth-order valence-electron chi connectivity index (χ4n) is 1.61. The largest absolute Gasteiger partial charge is 0.338 e. The fraction of sp³-hybridized carbons (Fsp3) is 0.636. The number of aromatic nitrogens is 2. The van der Waals surface area contributed by atoms with Gasteiger partial charge in [0.25, 0.3) is 0 Å². The van der Waals surface area contributed by atoms with Gasteiger partial charge in [0.05, 0.1) is 0 Å². The Morgan fingerprint density at radius 2 is 2.00 bits per heavy atom. The molecule has 1 aliphatic rings. The Morgan fingerprint density at radius 1 is 1.33 bits per heavy atom. The Morgan fingerprint density at radius 3 is 2.53 bits per heavy atom. The van der Waals surface area contributed by atoms with Gasteiger partial charge in [-0.25, -0.2) is 9.97 Å². The minimum absolute atomic E-state index is 0.648. The molecule has 2 rings (SSSR count). The van der Waals surface area contributed by atoms with Crippen molar-refractivity contribution in [1.82, 2.24) is 14.9 Å². The van der Waals surface area contributed by atoms with Crippen molar-refractivity contribution in [3.05, 3.63) is 17.5 Å². The van der Waals surface area contributed by atoms with Crippen LogP contribution in [0.4, 0.5) is 5.95 Å². The van der Waals surface area contributed by atoms with Crippen LogP contribution in [0.15, 0.2) is 6.20 Å². The Balaban J connectivity index is 2.04. The molecular formula is C11H18N4. The molecule has 0 aromatic carbocycles. The summed E-state index contributed by atoms with van der Waals surface area (Å²) >= 11 is 0. The minimum atomic E-state index is 0.648. The van der Waals surface area contributed by atoms with Gasteiger partial charge >= 0.3 is 0 Å². The monoisotopic (exact) mass is 206 g/mol. The zero-order valence-corrected chi connectivity index (χ0v) is 9.86. The van der Waals surface area contributed by atoms with Crippen molar-refractivity contribution in [2.24, 2.45) is 0 Å². The minimum Gasteiger partial charge on any atom is -0.338 e. The van der Waals surface area contributed by atoms with Crippen LogP contribution in [-0.2, 0) is 0 Å². The standard InChI is InChI=1S/C11H18N4/c1-8-5-12-11(13-9(8)2)15-6-10(7-15)14(3)4/h5,10H,6-7H2,1-4H3. The molecule has 2 heterocycles. The molecule has 0 saturated carbocycles. The highest BCUT2D eigenvalue weighted by molar-refractivity contribution is 5.37. The molecule has 0 radical (unpaired) electrons. The van der Waals surface area contributed by atoms with Crippen LogP contribution in [0, 0.1) is 13.8 Å². The topological polar surface area (TPSA) is 32.3 Å². The summed E-state index contributed by atoms with van der Waals surface area (Å²) in [5.41, 5.74) is 2.23. The molecule has 0 spiro atoms. The van der Waals surface area contributed by atoms with Crippen molar-refractivity contribution >= 4 is 5.95 Å². The highest BCUT2D eigenvalue weighted by Gasteiger charge is 2.29. The van der Waals surface area contributed by atoms with Gasteiger partial charge in [-0.2, -0.15) is 0 Å². The highest BCUT2D eigenvalue weighted by Crippen LogP contribution is 2.19. The SMILES string of the molecule is Cc1cnc(N2CC(N(C)C)C2)nc1C. The fourth-order valence-corrected chi connectivity index (χ4v) is 1.61. The van der Waals surface area contributed by atoms with E-state index in [-0.39, 0.29) is 0 Å². The quantitative estimate of drug-likeness (QED) is 0.718. The van der Waals surface area contributed by atoms with Crippen LogP contribution in [0.3, 0.4) is 0 Å². The van der Waals surface area contributed by atoms with Gasteiger partial charge in [-0.15, -0.1) is 0 Å².